The monoisotopic (exact) mass is 281 g/mol. The Morgan fingerprint density at radius 3 is 2.71 bits per heavy atom. The quantitative estimate of drug-likeness (QED) is 0.887. The number of hydrogen-bond donors (Lipinski definition) is 2. The van der Waals surface area contributed by atoms with Crippen molar-refractivity contribution in [1.82, 2.24) is 15.6 Å². The first-order valence-corrected chi connectivity index (χ1v) is 7.70. The molecule has 1 amide bonds. The molecule has 4 nitrogen and oxygen atoms in total. The molecule has 1 aromatic carbocycles. The second-order valence-corrected chi connectivity index (χ2v) is 6.16. The van der Waals surface area contributed by atoms with Crippen molar-refractivity contribution in [3.63, 3.8) is 0 Å². The molecule has 2 aliphatic rings. The molecule has 3 heterocycles. The highest BCUT2D eigenvalue weighted by Gasteiger charge is 2.34. The van der Waals surface area contributed by atoms with Gasteiger partial charge in [0, 0.05) is 29.7 Å². The summed E-state index contributed by atoms with van der Waals surface area (Å²) in [6.45, 7) is 0. The van der Waals surface area contributed by atoms with E-state index in [1.807, 2.05) is 30.3 Å². The third kappa shape index (κ3) is 2.40. The van der Waals surface area contributed by atoms with Crippen LogP contribution in [0.15, 0.2) is 36.5 Å². The zero-order valence-corrected chi connectivity index (χ0v) is 11.9. The largest absolute Gasteiger partial charge is 0.348 e. The standard InChI is InChI=1S/C17H19N3O/c21-17(20-14-9-12-5-6-13(10-14)19-12)16-15-4-2-1-3-11(15)7-8-18-16/h1-4,7-8,12-14,19H,5-6,9-10H2,(H,20,21). The van der Waals surface area contributed by atoms with Crippen molar-refractivity contribution in [2.45, 2.75) is 43.8 Å². The molecule has 2 bridgehead atoms. The zero-order valence-electron chi connectivity index (χ0n) is 11.9. The number of aromatic nitrogens is 1. The van der Waals surface area contributed by atoms with Gasteiger partial charge in [-0.25, -0.2) is 0 Å². The number of amides is 1. The highest BCUT2D eigenvalue weighted by molar-refractivity contribution is 6.05. The van der Waals surface area contributed by atoms with Gasteiger partial charge in [-0.3, -0.25) is 9.78 Å². The van der Waals surface area contributed by atoms with E-state index in [2.05, 4.69) is 15.6 Å². The lowest BCUT2D eigenvalue weighted by molar-refractivity contribution is 0.0921. The summed E-state index contributed by atoms with van der Waals surface area (Å²) in [4.78, 5) is 16.9. The van der Waals surface area contributed by atoms with Gasteiger partial charge >= 0.3 is 0 Å². The molecule has 21 heavy (non-hydrogen) atoms. The number of fused-ring (bicyclic) bond motifs is 3. The Hall–Kier alpha value is -1.94. The predicted molar refractivity (Wildman–Crippen MR) is 82.2 cm³/mol. The van der Waals surface area contributed by atoms with E-state index in [1.165, 1.54) is 12.8 Å². The van der Waals surface area contributed by atoms with Crippen molar-refractivity contribution in [2.24, 2.45) is 0 Å². The summed E-state index contributed by atoms with van der Waals surface area (Å²) in [6, 6.07) is 11.3. The molecule has 2 aliphatic heterocycles. The molecule has 0 aliphatic carbocycles. The third-order valence-corrected chi connectivity index (χ3v) is 4.70. The molecule has 1 aromatic heterocycles. The van der Waals surface area contributed by atoms with Crippen LogP contribution in [-0.2, 0) is 0 Å². The maximum atomic E-state index is 12.6. The number of pyridine rings is 1. The summed E-state index contributed by atoms with van der Waals surface area (Å²) >= 11 is 0. The van der Waals surface area contributed by atoms with Crippen LogP contribution in [0.4, 0.5) is 0 Å². The van der Waals surface area contributed by atoms with Gasteiger partial charge < -0.3 is 10.6 Å². The average molecular weight is 281 g/mol. The van der Waals surface area contributed by atoms with Gasteiger partial charge in [0.1, 0.15) is 5.69 Å². The Morgan fingerprint density at radius 2 is 1.90 bits per heavy atom. The lowest BCUT2D eigenvalue weighted by Gasteiger charge is -2.29. The first kappa shape index (κ1) is 12.8. The Morgan fingerprint density at radius 1 is 1.14 bits per heavy atom. The fourth-order valence-corrected chi connectivity index (χ4v) is 3.73. The van der Waals surface area contributed by atoms with E-state index in [0.717, 1.165) is 23.6 Å². The minimum absolute atomic E-state index is 0.0434. The molecular weight excluding hydrogens is 262 g/mol. The molecule has 2 aromatic rings. The van der Waals surface area contributed by atoms with Gasteiger partial charge in [-0.1, -0.05) is 24.3 Å². The second-order valence-electron chi connectivity index (χ2n) is 6.16. The molecule has 0 radical (unpaired) electrons. The fourth-order valence-electron chi connectivity index (χ4n) is 3.73. The lowest BCUT2D eigenvalue weighted by atomic mass is 9.99. The van der Waals surface area contributed by atoms with E-state index in [-0.39, 0.29) is 11.9 Å². The van der Waals surface area contributed by atoms with Crippen LogP contribution in [0.3, 0.4) is 0 Å². The van der Waals surface area contributed by atoms with Crippen molar-refractivity contribution >= 4 is 16.7 Å². The molecule has 2 saturated heterocycles. The Bertz CT molecular complexity index is 667. The number of carbonyl (C=O) groups excluding carboxylic acids is 1. The Kier molecular flexibility index (Phi) is 3.11. The highest BCUT2D eigenvalue weighted by Crippen LogP contribution is 2.27. The number of benzene rings is 1. The lowest BCUT2D eigenvalue weighted by Crippen LogP contribution is -2.48. The number of carbonyl (C=O) groups is 1. The average Bonchev–Trinajstić information content (AvgIpc) is 2.85. The van der Waals surface area contributed by atoms with Crippen molar-refractivity contribution in [3.8, 4) is 0 Å². The van der Waals surface area contributed by atoms with Crippen LogP contribution >= 0.6 is 0 Å². The van der Waals surface area contributed by atoms with Crippen LogP contribution in [0.2, 0.25) is 0 Å². The van der Waals surface area contributed by atoms with E-state index in [9.17, 15) is 4.79 Å². The topological polar surface area (TPSA) is 54.0 Å². The molecule has 4 heteroatoms. The first-order chi connectivity index (χ1) is 10.3. The number of nitrogens with one attached hydrogen (secondary N) is 2. The number of piperidine rings is 1. The molecule has 2 fully saturated rings. The van der Waals surface area contributed by atoms with Gasteiger partial charge in [0.2, 0.25) is 0 Å². The molecule has 2 unspecified atom stereocenters. The summed E-state index contributed by atoms with van der Waals surface area (Å²) < 4.78 is 0. The van der Waals surface area contributed by atoms with Gasteiger partial charge in [-0.15, -0.1) is 0 Å². The summed E-state index contributed by atoms with van der Waals surface area (Å²) in [5.41, 5.74) is 0.541. The normalized spacial score (nSPS) is 27.7. The summed E-state index contributed by atoms with van der Waals surface area (Å²) in [7, 11) is 0. The van der Waals surface area contributed by atoms with Crippen LogP contribution in [0.25, 0.3) is 10.8 Å². The first-order valence-electron chi connectivity index (χ1n) is 7.70. The van der Waals surface area contributed by atoms with Gasteiger partial charge in [0.05, 0.1) is 0 Å². The summed E-state index contributed by atoms with van der Waals surface area (Å²) in [5.74, 6) is -0.0434. The van der Waals surface area contributed by atoms with Crippen molar-refractivity contribution in [3.05, 3.63) is 42.2 Å². The van der Waals surface area contributed by atoms with Gasteiger partial charge in [-0.2, -0.15) is 0 Å². The molecule has 108 valence electrons. The van der Waals surface area contributed by atoms with Gasteiger partial charge in [0.15, 0.2) is 0 Å². The van der Waals surface area contributed by atoms with Crippen LogP contribution in [0, 0.1) is 0 Å². The van der Waals surface area contributed by atoms with Crippen LogP contribution < -0.4 is 10.6 Å². The van der Waals surface area contributed by atoms with Crippen LogP contribution in [-0.4, -0.2) is 29.0 Å². The SMILES string of the molecule is O=C(NC1CC2CCC(C1)N2)c1nccc2ccccc12. The Labute approximate surface area is 124 Å². The fraction of sp³-hybridized carbons (Fsp3) is 0.412. The highest BCUT2D eigenvalue weighted by atomic mass is 16.1. The van der Waals surface area contributed by atoms with E-state index >= 15 is 0 Å². The number of rotatable bonds is 2. The minimum Gasteiger partial charge on any atom is -0.348 e. The third-order valence-electron chi connectivity index (χ3n) is 4.70. The predicted octanol–water partition coefficient (Wildman–Crippen LogP) is 2.25. The molecule has 2 N–H and O–H groups in total. The molecule has 2 atom stereocenters. The molecule has 0 spiro atoms. The van der Waals surface area contributed by atoms with E-state index in [1.54, 1.807) is 6.20 Å². The minimum atomic E-state index is -0.0434. The van der Waals surface area contributed by atoms with Gasteiger partial charge in [-0.05, 0) is 37.1 Å². The maximum Gasteiger partial charge on any atom is 0.270 e. The van der Waals surface area contributed by atoms with E-state index < -0.39 is 0 Å². The zero-order chi connectivity index (χ0) is 14.2. The molecular formula is C17H19N3O. The van der Waals surface area contributed by atoms with Crippen LogP contribution in [0.5, 0.6) is 0 Å². The summed E-state index contributed by atoms with van der Waals surface area (Å²) in [5, 5.41) is 8.77. The second kappa shape index (κ2) is 5.11. The van der Waals surface area contributed by atoms with E-state index in [0.29, 0.717) is 17.8 Å². The number of hydrogen-bond acceptors (Lipinski definition) is 3. The number of nitrogens with zero attached hydrogens (tertiary/aromatic N) is 1. The summed E-state index contributed by atoms with van der Waals surface area (Å²) in [6.07, 6.45) is 6.26. The van der Waals surface area contributed by atoms with Crippen molar-refractivity contribution in [2.75, 3.05) is 0 Å². The van der Waals surface area contributed by atoms with Crippen LogP contribution in [0.1, 0.15) is 36.2 Å². The molecule has 4 rings (SSSR count). The smallest absolute Gasteiger partial charge is 0.270 e. The van der Waals surface area contributed by atoms with Crippen molar-refractivity contribution in [1.29, 1.82) is 0 Å². The van der Waals surface area contributed by atoms with Gasteiger partial charge in [0.25, 0.3) is 5.91 Å². The maximum absolute atomic E-state index is 12.6. The molecule has 0 saturated carbocycles. The van der Waals surface area contributed by atoms with Crippen molar-refractivity contribution < 1.29 is 4.79 Å². The Balaban J connectivity index is 1.56. The van der Waals surface area contributed by atoms with E-state index in [4.69, 9.17) is 0 Å².